The summed E-state index contributed by atoms with van der Waals surface area (Å²) in [6.45, 7) is -0.0798. The lowest BCUT2D eigenvalue weighted by Crippen LogP contribution is -2.38. The van der Waals surface area contributed by atoms with Gasteiger partial charge in [-0.3, -0.25) is 5.04 Å². The normalized spacial score (nSPS) is 12.6. The number of rotatable bonds is 9. The molecule has 0 heterocycles. The first kappa shape index (κ1) is 17.5. The van der Waals surface area contributed by atoms with Gasteiger partial charge in [-0.25, -0.2) is 4.79 Å². The second-order valence-corrected chi connectivity index (χ2v) is 4.30. The van der Waals surface area contributed by atoms with Crippen LogP contribution < -0.4 is 5.26 Å². The third-order valence-electron chi connectivity index (χ3n) is 2.33. The van der Waals surface area contributed by atoms with Crippen molar-refractivity contribution in [2.24, 2.45) is 5.41 Å². The Kier molecular flexibility index (Phi) is 7.59. The minimum Gasteiger partial charge on any atom is -0.691 e. The van der Waals surface area contributed by atoms with Crippen LogP contribution in [0.2, 0.25) is 0 Å². The van der Waals surface area contributed by atoms with Gasteiger partial charge in [-0.15, -0.1) is 0 Å². The van der Waals surface area contributed by atoms with Crippen molar-refractivity contribution < 1.29 is 43.2 Å². The molecule has 0 aromatic rings. The number of aliphatic hydroxyl groups is 2. The zero-order valence-corrected chi connectivity index (χ0v) is 10.2. The van der Waals surface area contributed by atoms with E-state index in [1.54, 1.807) is 6.92 Å². The van der Waals surface area contributed by atoms with Crippen LogP contribution in [-0.4, -0.2) is 41.3 Å². The summed E-state index contributed by atoms with van der Waals surface area (Å²) >= 11 is -0.807. The lowest BCUT2D eigenvalue weighted by molar-refractivity contribution is -0.777. The maximum absolute atomic E-state index is 12.9. The maximum atomic E-state index is 12.9. The van der Waals surface area contributed by atoms with E-state index in [-0.39, 0.29) is 6.42 Å². The largest absolute Gasteiger partial charge is 0.691 e. The lowest BCUT2D eigenvalue weighted by Gasteiger charge is -2.28. The molecule has 0 radical (unpaired) electrons. The monoisotopic (exact) mass is 291 g/mol. The SMILES string of the molecule is CCC(CO)(CO)COC(=O)C(F)(F)SOO[O-]. The first-order valence-electron chi connectivity index (χ1n) is 4.78. The number of ether oxygens (including phenoxy) is 1. The molecule has 0 aromatic heterocycles. The van der Waals surface area contributed by atoms with Gasteiger partial charge in [0.05, 0.1) is 18.6 Å². The molecule has 0 spiro atoms. The highest BCUT2D eigenvalue weighted by atomic mass is 32.2. The second-order valence-electron chi connectivity index (χ2n) is 3.48. The Morgan fingerprint density at radius 3 is 2.33 bits per heavy atom. The van der Waals surface area contributed by atoms with Gasteiger partial charge in [0.25, 0.3) is 0 Å². The number of carbonyl (C=O) groups excluding carboxylic acids is 1. The van der Waals surface area contributed by atoms with Crippen molar-refractivity contribution >= 4 is 18.0 Å². The fourth-order valence-corrected chi connectivity index (χ4v) is 1.10. The molecule has 0 bridgehead atoms. The molecule has 0 aliphatic rings. The molecule has 0 amide bonds. The molecule has 2 N–H and O–H groups in total. The Bertz CT molecular complexity index is 252. The van der Waals surface area contributed by atoms with Crippen molar-refractivity contribution in [3.63, 3.8) is 0 Å². The Hall–Kier alpha value is -0.520. The maximum Gasteiger partial charge on any atom is 0.415 e. The average molecular weight is 291 g/mol. The molecule has 0 rings (SSSR count). The second kappa shape index (κ2) is 7.81. The van der Waals surface area contributed by atoms with Crippen LogP contribution >= 0.6 is 12.0 Å². The number of aliphatic hydroxyl groups excluding tert-OH is 2. The Balaban J connectivity index is 4.39. The van der Waals surface area contributed by atoms with Crippen molar-refractivity contribution in [3.05, 3.63) is 0 Å². The van der Waals surface area contributed by atoms with E-state index in [2.05, 4.69) is 14.1 Å². The van der Waals surface area contributed by atoms with Gasteiger partial charge >= 0.3 is 11.2 Å². The Morgan fingerprint density at radius 2 is 1.94 bits per heavy atom. The third-order valence-corrected chi connectivity index (χ3v) is 2.83. The van der Waals surface area contributed by atoms with E-state index in [1.807, 2.05) is 0 Å². The first-order valence-corrected chi connectivity index (χ1v) is 5.52. The molecule has 0 aromatic carbocycles. The Labute approximate surface area is 106 Å². The fraction of sp³-hybridized carbons (Fsp3) is 0.875. The summed E-state index contributed by atoms with van der Waals surface area (Å²) in [6.07, 6.45) is 0.214. The van der Waals surface area contributed by atoms with Crippen LogP contribution in [0.1, 0.15) is 13.3 Å². The van der Waals surface area contributed by atoms with Gasteiger partial charge in [0.15, 0.2) is 0 Å². The van der Waals surface area contributed by atoms with Crippen LogP contribution in [0, 0.1) is 5.41 Å². The molecule has 0 saturated carbocycles. The van der Waals surface area contributed by atoms with Gasteiger partial charge in [0, 0.05) is 0 Å². The summed E-state index contributed by atoms with van der Waals surface area (Å²) in [6, 6.07) is 0. The molecule has 0 aliphatic carbocycles. The number of alkyl halides is 2. The van der Waals surface area contributed by atoms with Crippen molar-refractivity contribution in [1.82, 2.24) is 0 Å². The molecule has 0 aliphatic heterocycles. The summed E-state index contributed by atoms with van der Waals surface area (Å²) in [5, 5.41) is 25.9. The predicted octanol–water partition coefficient (Wildman–Crippen LogP) is -0.625. The Morgan fingerprint density at radius 1 is 1.39 bits per heavy atom. The standard InChI is InChI=1S/C8H14F2O7S/c1-2-7(3-11,4-12)5-15-6(13)8(9,10)18-17-16-14/h11-12,14H,2-5H2,1H3/p-1. The fourth-order valence-electron chi connectivity index (χ4n) is 0.860. The molecular weight excluding hydrogens is 278 g/mol. The summed E-state index contributed by atoms with van der Waals surface area (Å²) in [7, 11) is 0. The molecule has 108 valence electrons. The zero-order valence-electron chi connectivity index (χ0n) is 9.43. The highest BCUT2D eigenvalue weighted by molar-refractivity contribution is 7.96. The molecular formula is C8H13F2O7S-. The topological polar surface area (TPSA) is 108 Å². The minimum absolute atomic E-state index is 0.214. The van der Waals surface area contributed by atoms with Crippen LogP contribution in [0.15, 0.2) is 0 Å². The van der Waals surface area contributed by atoms with Gasteiger partial charge in [-0.05, 0) is 6.42 Å². The number of esters is 1. The van der Waals surface area contributed by atoms with Crippen molar-refractivity contribution in [3.8, 4) is 0 Å². The molecule has 18 heavy (non-hydrogen) atoms. The zero-order chi connectivity index (χ0) is 14.2. The summed E-state index contributed by atoms with van der Waals surface area (Å²) in [5.74, 6) is -1.97. The first-order chi connectivity index (χ1) is 8.37. The van der Waals surface area contributed by atoms with Gasteiger partial charge in [0.2, 0.25) is 0 Å². The highest BCUT2D eigenvalue weighted by Gasteiger charge is 2.45. The van der Waals surface area contributed by atoms with Crippen LogP contribution in [-0.2, 0) is 18.9 Å². The van der Waals surface area contributed by atoms with E-state index >= 15 is 0 Å². The summed E-state index contributed by atoms with van der Waals surface area (Å²) in [4.78, 5) is 11.0. The van der Waals surface area contributed by atoms with E-state index in [0.29, 0.717) is 0 Å². The predicted molar refractivity (Wildman–Crippen MR) is 52.6 cm³/mol. The number of hydrogen-bond donors (Lipinski definition) is 2. The molecule has 10 heteroatoms. The molecule has 0 fully saturated rings. The summed E-state index contributed by atoms with van der Waals surface area (Å²) in [5.41, 5.74) is -1.19. The minimum atomic E-state index is -4.13. The molecule has 7 nitrogen and oxygen atoms in total. The van der Waals surface area contributed by atoms with Crippen molar-refractivity contribution in [1.29, 1.82) is 0 Å². The van der Waals surface area contributed by atoms with Crippen molar-refractivity contribution in [2.45, 2.75) is 18.6 Å². The number of carbonyl (C=O) groups is 1. The van der Waals surface area contributed by atoms with Crippen LogP contribution in [0.4, 0.5) is 8.78 Å². The van der Waals surface area contributed by atoms with Gasteiger partial charge in [-0.1, -0.05) is 6.92 Å². The summed E-state index contributed by atoms with van der Waals surface area (Å²) < 4.78 is 33.4. The number of halogens is 2. The van der Waals surface area contributed by atoms with E-state index in [9.17, 15) is 18.8 Å². The van der Waals surface area contributed by atoms with Crippen molar-refractivity contribution in [2.75, 3.05) is 19.8 Å². The quantitative estimate of drug-likeness (QED) is 0.250. The average Bonchev–Trinajstić information content (AvgIpc) is 2.38. The van der Waals surface area contributed by atoms with E-state index < -0.39 is 48.5 Å². The van der Waals surface area contributed by atoms with E-state index in [0.717, 1.165) is 0 Å². The lowest BCUT2D eigenvalue weighted by atomic mass is 9.88. The highest BCUT2D eigenvalue weighted by Crippen LogP contribution is 2.32. The van der Waals surface area contributed by atoms with Crippen LogP contribution in [0.25, 0.3) is 0 Å². The number of hydrogen-bond acceptors (Lipinski definition) is 8. The van der Waals surface area contributed by atoms with Gasteiger partial charge < -0.3 is 20.2 Å². The van der Waals surface area contributed by atoms with E-state index in [1.165, 1.54) is 0 Å². The van der Waals surface area contributed by atoms with Gasteiger partial charge in [0.1, 0.15) is 18.6 Å². The molecule has 0 saturated heterocycles. The molecule has 0 unspecified atom stereocenters. The van der Waals surface area contributed by atoms with E-state index in [4.69, 9.17) is 10.2 Å². The molecule has 0 atom stereocenters. The van der Waals surface area contributed by atoms with Crippen LogP contribution in [0.5, 0.6) is 0 Å². The van der Waals surface area contributed by atoms with Crippen LogP contribution in [0.3, 0.4) is 0 Å². The third kappa shape index (κ3) is 5.00. The smallest absolute Gasteiger partial charge is 0.415 e. The van der Waals surface area contributed by atoms with Gasteiger partial charge in [-0.2, -0.15) is 13.1 Å².